The molecule has 0 fully saturated rings. The fourth-order valence-electron chi connectivity index (χ4n) is 1.71. The van der Waals surface area contributed by atoms with Gasteiger partial charge in [-0.2, -0.15) is 0 Å². The third kappa shape index (κ3) is 4.69. The molecule has 0 aliphatic heterocycles. The van der Waals surface area contributed by atoms with Crippen LogP contribution in [-0.4, -0.2) is 52.0 Å². The Labute approximate surface area is 134 Å². The number of H-pyrrole nitrogens is 1. The lowest BCUT2D eigenvalue weighted by Gasteiger charge is -2.19. The predicted molar refractivity (Wildman–Crippen MR) is 86.1 cm³/mol. The van der Waals surface area contributed by atoms with E-state index in [9.17, 15) is 4.79 Å². The van der Waals surface area contributed by atoms with E-state index in [4.69, 9.17) is 5.73 Å². The molecule has 0 saturated carbocycles. The molecule has 0 unspecified atom stereocenters. The lowest BCUT2D eigenvalue weighted by molar-refractivity contribution is -0.120. The lowest BCUT2D eigenvalue weighted by atomic mass is 10.3. The number of aromatic amines is 1. The molecular weight excluding hydrogens is 317 g/mol. The van der Waals surface area contributed by atoms with E-state index in [2.05, 4.69) is 25.3 Å². The molecule has 0 aliphatic rings. The van der Waals surface area contributed by atoms with Crippen molar-refractivity contribution in [3.8, 4) is 0 Å². The minimum Gasteiger partial charge on any atom is -0.351 e. The van der Waals surface area contributed by atoms with E-state index in [1.54, 1.807) is 18.3 Å². The van der Waals surface area contributed by atoms with Gasteiger partial charge >= 0.3 is 0 Å². The van der Waals surface area contributed by atoms with Gasteiger partial charge in [0.2, 0.25) is 5.91 Å². The highest BCUT2D eigenvalue weighted by molar-refractivity contribution is 5.87. The van der Waals surface area contributed by atoms with Crippen LogP contribution in [0.2, 0.25) is 0 Å². The van der Waals surface area contributed by atoms with Gasteiger partial charge in [-0.1, -0.05) is 0 Å². The zero-order chi connectivity index (χ0) is 13.8. The second-order valence-electron chi connectivity index (χ2n) is 4.36. The number of amides is 1. The first-order valence-corrected chi connectivity index (χ1v) is 5.96. The molecule has 21 heavy (non-hydrogen) atoms. The number of carbonyl (C=O) groups is 1. The maximum atomic E-state index is 11.8. The standard InChI is InChI=1S/C11H17N7O.2ClH/c1-7(3-12)17-8(19)4-18(2)11-9-10(14-5-13-9)15-6-16-11;;/h5-7H,3-4,12H2,1-2H3,(H,17,19)(H,13,14,15,16);2*1H/t7-;;/m0../s1. The molecule has 0 spiro atoms. The van der Waals surface area contributed by atoms with Crippen molar-refractivity contribution in [2.75, 3.05) is 25.0 Å². The van der Waals surface area contributed by atoms with Crippen LogP contribution >= 0.6 is 24.8 Å². The Bertz CT molecular complexity index is 576. The average Bonchev–Trinajstić information content (AvgIpc) is 2.86. The SMILES string of the molecule is C[C@@H](CN)NC(=O)CN(C)c1ncnc2nc[nH]c12.Cl.Cl. The molecule has 2 aromatic rings. The van der Waals surface area contributed by atoms with Gasteiger partial charge in [-0.25, -0.2) is 15.0 Å². The molecule has 0 aromatic carbocycles. The number of halogens is 2. The first kappa shape index (κ1) is 19.4. The second-order valence-corrected chi connectivity index (χ2v) is 4.36. The van der Waals surface area contributed by atoms with Gasteiger partial charge < -0.3 is 20.9 Å². The highest BCUT2D eigenvalue weighted by Crippen LogP contribution is 2.17. The fraction of sp³-hybridized carbons (Fsp3) is 0.455. The van der Waals surface area contributed by atoms with Crippen molar-refractivity contribution in [2.45, 2.75) is 13.0 Å². The molecule has 2 heterocycles. The molecule has 10 heteroatoms. The maximum Gasteiger partial charge on any atom is 0.239 e. The molecule has 4 N–H and O–H groups in total. The molecular formula is C11H19Cl2N7O. The highest BCUT2D eigenvalue weighted by atomic mass is 35.5. The van der Waals surface area contributed by atoms with E-state index in [-0.39, 0.29) is 43.3 Å². The quantitative estimate of drug-likeness (QED) is 0.714. The van der Waals surface area contributed by atoms with Crippen LogP contribution in [0.5, 0.6) is 0 Å². The van der Waals surface area contributed by atoms with Crippen LogP contribution in [0.15, 0.2) is 12.7 Å². The Balaban J connectivity index is 0.00000200. The number of anilines is 1. The van der Waals surface area contributed by atoms with Gasteiger partial charge in [-0.3, -0.25) is 4.79 Å². The summed E-state index contributed by atoms with van der Waals surface area (Å²) in [6.07, 6.45) is 2.97. The van der Waals surface area contributed by atoms with Crippen molar-refractivity contribution in [3.05, 3.63) is 12.7 Å². The molecule has 0 saturated heterocycles. The van der Waals surface area contributed by atoms with Gasteiger partial charge in [-0.05, 0) is 6.92 Å². The van der Waals surface area contributed by atoms with E-state index >= 15 is 0 Å². The van der Waals surface area contributed by atoms with E-state index < -0.39 is 0 Å². The summed E-state index contributed by atoms with van der Waals surface area (Å²) in [7, 11) is 1.79. The maximum absolute atomic E-state index is 11.8. The van der Waals surface area contributed by atoms with Crippen LogP contribution in [0.25, 0.3) is 11.2 Å². The highest BCUT2D eigenvalue weighted by Gasteiger charge is 2.14. The van der Waals surface area contributed by atoms with Gasteiger partial charge in [0.25, 0.3) is 0 Å². The summed E-state index contributed by atoms with van der Waals surface area (Å²) in [6, 6.07) is -0.0431. The number of hydrogen-bond donors (Lipinski definition) is 3. The minimum absolute atomic E-state index is 0. The van der Waals surface area contributed by atoms with E-state index in [1.165, 1.54) is 6.33 Å². The number of imidazole rings is 1. The number of carbonyl (C=O) groups excluding carboxylic acids is 1. The molecule has 0 radical (unpaired) electrons. The monoisotopic (exact) mass is 335 g/mol. The van der Waals surface area contributed by atoms with Crippen molar-refractivity contribution in [1.29, 1.82) is 0 Å². The third-order valence-corrected chi connectivity index (χ3v) is 2.71. The van der Waals surface area contributed by atoms with E-state index in [0.29, 0.717) is 23.5 Å². The second kappa shape index (κ2) is 8.60. The van der Waals surface area contributed by atoms with Gasteiger partial charge in [0.1, 0.15) is 11.8 Å². The number of nitrogens with zero attached hydrogens (tertiary/aromatic N) is 4. The van der Waals surface area contributed by atoms with Crippen LogP contribution in [0, 0.1) is 0 Å². The summed E-state index contributed by atoms with van der Waals surface area (Å²) in [5.41, 5.74) is 6.75. The largest absolute Gasteiger partial charge is 0.351 e. The molecule has 8 nitrogen and oxygen atoms in total. The molecule has 0 aliphatic carbocycles. The van der Waals surface area contributed by atoms with Gasteiger partial charge in [-0.15, -0.1) is 24.8 Å². The van der Waals surface area contributed by atoms with E-state index in [1.807, 2.05) is 6.92 Å². The number of hydrogen-bond acceptors (Lipinski definition) is 6. The van der Waals surface area contributed by atoms with Crippen molar-refractivity contribution in [3.63, 3.8) is 0 Å². The molecule has 1 atom stereocenters. The van der Waals surface area contributed by atoms with Gasteiger partial charge in [0, 0.05) is 19.6 Å². The predicted octanol–water partition coefficient (Wildman–Crippen LogP) is 0.0961. The molecule has 2 aromatic heterocycles. The first-order chi connectivity index (χ1) is 9.11. The number of fused-ring (bicyclic) bond motifs is 1. The fourth-order valence-corrected chi connectivity index (χ4v) is 1.71. The van der Waals surface area contributed by atoms with Crippen LogP contribution < -0.4 is 16.0 Å². The molecule has 1 amide bonds. The van der Waals surface area contributed by atoms with Crippen LogP contribution in [-0.2, 0) is 4.79 Å². The molecule has 118 valence electrons. The van der Waals surface area contributed by atoms with Crippen molar-refractivity contribution in [2.24, 2.45) is 5.73 Å². The number of nitrogens with one attached hydrogen (secondary N) is 2. The van der Waals surface area contributed by atoms with Crippen LogP contribution in [0.4, 0.5) is 5.82 Å². The normalized spacial score (nSPS) is 11.2. The van der Waals surface area contributed by atoms with Crippen molar-refractivity contribution in [1.82, 2.24) is 25.3 Å². The zero-order valence-electron chi connectivity index (χ0n) is 11.7. The Morgan fingerprint density at radius 1 is 1.43 bits per heavy atom. The Hall–Kier alpha value is -1.64. The Morgan fingerprint density at radius 2 is 2.14 bits per heavy atom. The number of likely N-dealkylation sites (N-methyl/N-ethyl adjacent to an activating group) is 1. The number of rotatable bonds is 5. The topological polar surface area (TPSA) is 113 Å². The average molecular weight is 336 g/mol. The lowest BCUT2D eigenvalue weighted by Crippen LogP contribution is -2.43. The molecule has 0 bridgehead atoms. The number of aromatic nitrogens is 4. The minimum atomic E-state index is -0.105. The summed E-state index contributed by atoms with van der Waals surface area (Å²) in [5.74, 6) is 0.532. The first-order valence-electron chi connectivity index (χ1n) is 5.96. The Kier molecular flexibility index (Phi) is 7.93. The van der Waals surface area contributed by atoms with Gasteiger partial charge in [0.15, 0.2) is 11.5 Å². The summed E-state index contributed by atoms with van der Waals surface area (Å²) < 4.78 is 0. The number of nitrogens with two attached hydrogens (primary N) is 1. The third-order valence-electron chi connectivity index (χ3n) is 2.71. The van der Waals surface area contributed by atoms with Crippen LogP contribution in [0.1, 0.15) is 6.92 Å². The van der Waals surface area contributed by atoms with Crippen molar-refractivity contribution < 1.29 is 4.79 Å². The zero-order valence-corrected chi connectivity index (χ0v) is 13.4. The summed E-state index contributed by atoms with van der Waals surface area (Å²) in [6.45, 7) is 2.46. The summed E-state index contributed by atoms with van der Waals surface area (Å²) in [5, 5.41) is 2.80. The molecule has 2 rings (SSSR count). The smallest absolute Gasteiger partial charge is 0.239 e. The van der Waals surface area contributed by atoms with Crippen molar-refractivity contribution >= 4 is 47.7 Å². The van der Waals surface area contributed by atoms with Crippen LogP contribution in [0.3, 0.4) is 0 Å². The summed E-state index contributed by atoms with van der Waals surface area (Å²) >= 11 is 0. The van der Waals surface area contributed by atoms with Gasteiger partial charge in [0.05, 0.1) is 12.9 Å². The summed E-state index contributed by atoms with van der Waals surface area (Å²) in [4.78, 5) is 28.7. The Morgan fingerprint density at radius 3 is 2.81 bits per heavy atom. The van der Waals surface area contributed by atoms with E-state index in [0.717, 1.165) is 0 Å².